The van der Waals surface area contributed by atoms with Crippen LogP contribution in [0.25, 0.3) is 0 Å². The average Bonchev–Trinajstić information content (AvgIpc) is 2.37. The highest BCUT2D eigenvalue weighted by atomic mass is 16.5. The number of nitrogens with zero attached hydrogens (tertiary/aromatic N) is 1. The summed E-state index contributed by atoms with van der Waals surface area (Å²) < 4.78 is 9.88. The molecule has 1 aliphatic rings. The lowest BCUT2D eigenvalue weighted by Gasteiger charge is -2.35. The normalized spacial score (nSPS) is 20.9. The summed E-state index contributed by atoms with van der Waals surface area (Å²) in [7, 11) is 1.40. The number of carbonyl (C=O) groups is 2. The monoisotopic (exact) mass is 271 g/mol. The van der Waals surface area contributed by atoms with Gasteiger partial charge in [-0.2, -0.15) is 0 Å². The Morgan fingerprint density at radius 3 is 2.63 bits per heavy atom. The van der Waals surface area contributed by atoms with Crippen molar-refractivity contribution in [1.82, 2.24) is 4.90 Å². The van der Waals surface area contributed by atoms with Crippen molar-refractivity contribution in [1.29, 1.82) is 0 Å². The fourth-order valence-corrected chi connectivity index (χ4v) is 2.55. The molecule has 1 atom stereocenters. The average molecular weight is 271 g/mol. The van der Waals surface area contributed by atoms with Gasteiger partial charge in [0.25, 0.3) is 0 Å². The van der Waals surface area contributed by atoms with E-state index in [0.717, 1.165) is 19.4 Å². The summed E-state index contributed by atoms with van der Waals surface area (Å²) in [5.41, 5.74) is -0.550. The van der Waals surface area contributed by atoms with Gasteiger partial charge in [-0.25, -0.2) is 0 Å². The van der Waals surface area contributed by atoms with Crippen molar-refractivity contribution in [3.63, 3.8) is 0 Å². The summed E-state index contributed by atoms with van der Waals surface area (Å²) in [6.45, 7) is 8.16. The molecule has 0 saturated carbocycles. The standard InChI is InChI=1S/C14H25NO4/c1-5-19-12(16)11-7-6-8-15(9-11)10-14(2,3)13(17)18-4/h11H,5-10H2,1-4H3. The van der Waals surface area contributed by atoms with Crippen molar-refractivity contribution in [2.45, 2.75) is 33.6 Å². The molecule has 1 rings (SSSR count). The molecule has 0 spiro atoms. The number of methoxy groups -OCH3 is 1. The van der Waals surface area contributed by atoms with E-state index in [4.69, 9.17) is 9.47 Å². The minimum absolute atomic E-state index is 0.0675. The molecule has 0 radical (unpaired) electrons. The largest absolute Gasteiger partial charge is 0.469 e. The van der Waals surface area contributed by atoms with E-state index in [9.17, 15) is 9.59 Å². The SMILES string of the molecule is CCOC(=O)C1CCCN(CC(C)(C)C(=O)OC)C1. The van der Waals surface area contributed by atoms with Crippen LogP contribution in [0.4, 0.5) is 0 Å². The van der Waals surface area contributed by atoms with Gasteiger partial charge >= 0.3 is 11.9 Å². The molecule has 1 saturated heterocycles. The number of hydrogen-bond acceptors (Lipinski definition) is 5. The molecule has 0 bridgehead atoms. The van der Waals surface area contributed by atoms with Crippen LogP contribution in [0.2, 0.25) is 0 Å². The minimum Gasteiger partial charge on any atom is -0.469 e. The molecule has 0 aliphatic carbocycles. The number of ether oxygens (including phenoxy) is 2. The quantitative estimate of drug-likeness (QED) is 0.709. The van der Waals surface area contributed by atoms with Crippen molar-refractivity contribution >= 4 is 11.9 Å². The summed E-state index contributed by atoms with van der Waals surface area (Å²) in [6.07, 6.45) is 1.83. The number of carbonyl (C=O) groups excluding carboxylic acids is 2. The van der Waals surface area contributed by atoms with Crippen molar-refractivity contribution in [2.75, 3.05) is 33.4 Å². The highest BCUT2D eigenvalue weighted by molar-refractivity contribution is 5.76. The summed E-state index contributed by atoms with van der Waals surface area (Å²) in [6, 6.07) is 0. The number of piperidine rings is 1. The fraction of sp³-hybridized carbons (Fsp3) is 0.857. The van der Waals surface area contributed by atoms with Crippen molar-refractivity contribution in [2.24, 2.45) is 11.3 Å². The maximum atomic E-state index is 11.8. The van der Waals surface area contributed by atoms with E-state index < -0.39 is 5.41 Å². The zero-order valence-corrected chi connectivity index (χ0v) is 12.4. The molecule has 1 aliphatic heterocycles. The lowest BCUT2D eigenvalue weighted by atomic mass is 9.90. The lowest BCUT2D eigenvalue weighted by molar-refractivity contribution is -0.153. The molecule has 1 heterocycles. The zero-order valence-electron chi connectivity index (χ0n) is 12.4. The molecule has 5 heteroatoms. The topological polar surface area (TPSA) is 55.8 Å². The van der Waals surface area contributed by atoms with Crippen LogP contribution in [0, 0.1) is 11.3 Å². The van der Waals surface area contributed by atoms with E-state index in [-0.39, 0.29) is 17.9 Å². The Labute approximate surface area is 115 Å². The van der Waals surface area contributed by atoms with Gasteiger partial charge < -0.3 is 14.4 Å². The molecule has 0 amide bonds. The first-order valence-electron chi connectivity index (χ1n) is 6.88. The second kappa shape index (κ2) is 6.89. The number of likely N-dealkylation sites (tertiary alicyclic amines) is 1. The first kappa shape index (κ1) is 16.0. The Hall–Kier alpha value is -1.10. The van der Waals surface area contributed by atoms with E-state index >= 15 is 0 Å². The van der Waals surface area contributed by atoms with Gasteiger partial charge in [-0.05, 0) is 40.2 Å². The van der Waals surface area contributed by atoms with Crippen LogP contribution in [0.15, 0.2) is 0 Å². The number of rotatable bonds is 5. The van der Waals surface area contributed by atoms with Gasteiger partial charge in [0, 0.05) is 13.1 Å². The number of esters is 2. The Bertz CT molecular complexity index is 327. The molecule has 0 aromatic rings. The van der Waals surface area contributed by atoms with Crippen LogP contribution in [0.1, 0.15) is 33.6 Å². The predicted molar refractivity (Wildman–Crippen MR) is 71.6 cm³/mol. The van der Waals surface area contributed by atoms with Crippen molar-refractivity contribution < 1.29 is 19.1 Å². The van der Waals surface area contributed by atoms with Gasteiger partial charge in [-0.3, -0.25) is 9.59 Å². The predicted octanol–water partition coefficient (Wildman–Crippen LogP) is 1.46. The van der Waals surface area contributed by atoms with Crippen LogP contribution >= 0.6 is 0 Å². The van der Waals surface area contributed by atoms with Gasteiger partial charge in [0.05, 0.1) is 25.0 Å². The molecule has 1 fully saturated rings. The maximum absolute atomic E-state index is 11.8. The van der Waals surface area contributed by atoms with Crippen LogP contribution in [-0.2, 0) is 19.1 Å². The van der Waals surface area contributed by atoms with Crippen LogP contribution in [-0.4, -0.2) is 50.2 Å². The molecule has 5 nitrogen and oxygen atoms in total. The first-order valence-corrected chi connectivity index (χ1v) is 6.88. The third-order valence-electron chi connectivity index (χ3n) is 3.48. The summed E-state index contributed by atoms with van der Waals surface area (Å²) in [5.74, 6) is -0.407. The van der Waals surface area contributed by atoms with Gasteiger partial charge in [0.2, 0.25) is 0 Å². The zero-order chi connectivity index (χ0) is 14.5. The molecule has 110 valence electrons. The third-order valence-corrected chi connectivity index (χ3v) is 3.48. The fourth-order valence-electron chi connectivity index (χ4n) is 2.55. The van der Waals surface area contributed by atoms with Crippen LogP contribution in [0.3, 0.4) is 0 Å². The second-order valence-corrected chi connectivity index (χ2v) is 5.70. The van der Waals surface area contributed by atoms with E-state index in [1.165, 1.54) is 7.11 Å². The first-order chi connectivity index (χ1) is 8.90. The van der Waals surface area contributed by atoms with E-state index in [1.807, 2.05) is 20.8 Å². The molecule has 1 unspecified atom stereocenters. The highest BCUT2D eigenvalue weighted by Gasteiger charge is 2.34. The van der Waals surface area contributed by atoms with E-state index in [0.29, 0.717) is 19.7 Å². The van der Waals surface area contributed by atoms with E-state index in [2.05, 4.69) is 4.90 Å². The summed E-state index contributed by atoms with van der Waals surface area (Å²) >= 11 is 0. The van der Waals surface area contributed by atoms with Gasteiger partial charge in [-0.1, -0.05) is 0 Å². The maximum Gasteiger partial charge on any atom is 0.312 e. The van der Waals surface area contributed by atoms with Crippen LogP contribution < -0.4 is 0 Å². The van der Waals surface area contributed by atoms with Crippen molar-refractivity contribution in [3.8, 4) is 0 Å². The molecule has 0 N–H and O–H groups in total. The summed E-state index contributed by atoms with van der Waals surface area (Å²) in [4.78, 5) is 25.6. The highest BCUT2D eigenvalue weighted by Crippen LogP contribution is 2.24. The molecule has 0 aromatic carbocycles. The van der Waals surface area contributed by atoms with Crippen LogP contribution in [0.5, 0.6) is 0 Å². The summed E-state index contributed by atoms with van der Waals surface area (Å²) in [5, 5.41) is 0. The Balaban J connectivity index is 2.55. The Kier molecular flexibility index (Phi) is 5.79. The minimum atomic E-state index is -0.550. The smallest absolute Gasteiger partial charge is 0.312 e. The van der Waals surface area contributed by atoms with Gasteiger partial charge in [0.15, 0.2) is 0 Å². The number of hydrogen-bond donors (Lipinski definition) is 0. The molecule has 19 heavy (non-hydrogen) atoms. The third kappa shape index (κ3) is 4.49. The second-order valence-electron chi connectivity index (χ2n) is 5.70. The van der Waals surface area contributed by atoms with Gasteiger partial charge in [0.1, 0.15) is 0 Å². The molecular formula is C14H25NO4. The Morgan fingerprint density at radius 1 is 1.37 bits per heavy atom. The molecule has 0 aromatic heterocycles. The van der Waals surface area contributed by atoms with Crippen molar-refractivity contribution in [3.05, 3.63) is 0 Å². The van der Waals surface area contributed by atoms with Gasteiger partial charge in [-0.15, -0.1) is 0 Å². The molecular weight excluding hydrogens is 246 g/mol. The lowest BCUT2D eigenvalue weighted by Crippen LogP contribution is -2.46. The van der Waals surface area contributed by atoms with E-state index in [1.54, 1.807) is 0 Å². The Morgan fingerprint density at radius 2 is 2.05 bits per heavy atom.